The monoisotopic (exact) mass is 390 g/mol. The summed E-state index contributed by atoms with van der Waals surface area (Å²) in [5.74, 6) is -0.876. The fraction of sp³-hybridized carbons (Fsp3) is 0.300. The minimum atomic E-state index is -4.51. The summed E-state index contributed by atoms with van der Waals surface area (Å²) in [6.07, 6.45) is -4.51. The molecule has 0 aliphatic carbocycles. The highest BCUT2D eigenvalue weighted by molar-refractivity contribution is 9.10. The van der Waals surface area contributed by atoms with Gasteiger partial charge < -0.3 is 10.1 Å². The quantitative estimate of drug-likeness (QED) is 0.787. The number of nitrogens with two attached hydrogens (primary N) is 1. The zero-order chi connectivity index (χ0) is 16.3. The molecule has 0 aliphatic heterocycles. The molecule has 0 atom stereocenters. The van der Waals surface area contributed by atoms with Crippen molar-refractivity contribution in [2.45, 2.75) is 11.1 Å². The van der Waals surface area contributed by atoms with Gasteiger partial charge in [-0.2, -0.15) is 13.2 Å². The highest BCUT2D eigenvalue weighted by Gasteiger charge is 2.27. The third-order valence-corrected chi connectivity index (χ3v) is 3.61. The number of carbonyl (C=O) groups excluding carboxylic acids is 1. The minimum absolute atomic E-state index is 0.0876. The Hall–Kier alpha value is -1.33. The number of halogens is 4. The lowest BCUT2D eigenvalue weighted by atomic mass is 10.3. The molecule has 0 spiro atoms. The molecule has 1 aromatic carbocycles. The van der Waals surface area contributed by atoms with E-state index in [1.54, 1.807) is 5.32 Å². The summed E-state index contributed by atoms with van der Waals surface area (Å²) >= 11 is 3.00. The van der Waals surface area contributed by atoms with Gasteiger partial charge in [0.2, 0.25) is 10.0 Å². The number of hydrogen-bond acceptors (Lipinski definition) is 4. The van der Waals surface area contributed by atoms with Crippen molar-refractivity contribution in [3.05, 3.63) is 22.7 Å². The molecule has 118 valence electrons. The average Bonchev–Trinajstić information content (AvgIpc) is 2.32. The van der Waals surface area contributed by atoms with Crippen LogP contribution in [0.2, 0.25) is 0 Å². The Morgan fingerprint density at radius 3 is 2.48 bits per heavy atom. The van der Waals surface area contributed by atoms with Gasteiger partial charge in [0.05, 0.1) is 9.37 Å². The molecular formula is C10H10BrF3N2O4S. The number of ether oxygens (including phenoxy) is 1. The van der Waals surface area contributed by atoms with E-state index in [4.69, 9.17) is 9.88 Å². The fourth-order valence-electron chi connectivity index (χ4n) is 1.17. The van der Waals surface area contributed by atoms with Crippen LogP contribution in [0.15, 0.2) is 27.6 Å². The topological polar surface area (TPSA) is 98.5 Å². The Balaban J connectivity index is 2.63. The third-order valence-electron chi connectivity index (χ3n) is 2.08. The van der Waals surface area contributed by atoms with Gasteiger partial charge in [0.25, 0.3) is 5.91 Å². The van der Waals surface area contributed by atoms with Crippen LogP contribution in [-0.2, 0) is 14.8 Å². The molecule has 0 aliphatic rings. The molecule has 0 unspecified atom stereocenters. The first-order chi connectivity index (χ1) is 9.49. The summed E-state index contributed by atoms with van der Waals surface area (Å²) in [5.41, 5.74) is 0. The van der Waals surface area contributed by atoms with E-state index in [1.165, 1.54) is 6.07 Å². The lowest BCUT2D eigenvalue weighted by Gasteiger charge is -2.11. The average molecular weight is 391 g/mol. The van der Waals surface area contributed by atoms with E-state index in [1.807, 2.05) is 0 Å². The summed E-state index contributed by atoms with van der Waals surface area (Å²) in [4.78, 5) is 11.0. The van der Waals surface area contributed by atoms with Crippen LogP contribution in [0.4, 0.5) is 13.2 Å². The lowest BCUT2D eigenvalue weighted by Crippen LogP contribution is -2.36. The van der Waals surface area contributed by atoms with Crippen molar-refractivity contribution in [1.29, 1.82) is 0 Å². The summed E-state index contributed by atoms with van der Waals surface area (Å²) in [6.45, 7) is -2.11. The third kappa shape index (κ3) is 6.31. The van der Waals surface area contributed by atoms with E-state index in [9.17, 15) is 26.4 Å². The van der Waals surface area contributed by atoms with Crippen molar-refractivity contribution in [1.82, 2.24) is 5.32 Å². The number of rotatable bonds is 5. The van der Waals surface area contributed by atoms with Crippen LogP contribution in [0.5, 0.6) is 5.75 Å². The first-order valence-electron chi connectivity index (χ1n) is 5.27. The zero-order valence-corrected chi connectivity index (χ0v) is 12.7. The molecule has 1 rings (SSSR count). The van der Waals surface area contributed by atoms with Gasteiger partial charge in [-0.15, -0.1) is 0 Å². The lowest BCUT2D eigenvalue weighted by molar-refractivity contribution is -0.139. The molecule has 1 amide bonds. The van der Waals surface area contributed by atoms with Crippen LogP contribution in [-0.4, -0.2) is 33.7 Å². The number of hydrogen-bond donors (Lipinski definition) is 2. The largest absolute Gasteiger partial charge is 0.483 e. The van der Waals surface area contributed by atoms with E-state index in [-0.39, 0.29) is 15.1 Å². The highest BCUT2D eigenvalue weighted by Crippen LogP contribution is 2.27. The standard InChI is InChI=1S/C10H10BrF3N2O4S/c11-7-3-6(21(15,18)19)1-2-8(7)20-4-9(17)16-5-10(12,13)14/h1-3H,4-5H2,(H,16,17)(H2,15,18,19). The van der Waals surface area contributed by atoms with Crippen LogP contribution in [0, 0.1) is 0 Å². The summed E-state index contributed by atoms with van der Waals surface area (Å²) in [7, 11) is -3.89. The number of carbonyl (C=O) groups is 1. The van der Waals surface area contributed by atoms with Gasteiger partial charge >= 0.3 is 6.18 Å². The number of sulfonamides is 1. The van der Waals surface area contributed by atoms with Crippen molar-refractivity contribution in [3.8, 4) is 5.75 Å². The molecule has 3 N–H and O–H groups in total. The molecule has 0 saturated carbocycles. The van der Waals surface area contributed by atoms with Gasteiger partial charge in [-0.3, -0.25) is 4.79 Å². The molecule has 1 aromatic rings. The maximum atomic E-state index is 11.9. The normalized spacial score (nSPS) is 12.0. The Morgan fingerprint density at radius 2 is 2.00 bits per heavy atom. The summed E-state index contributed by atoms with van der Waals surface area (Å²) in [6, 6.07) is 3.52. The molecule has 6 nitrogen and oxygen atoms in total. The number of benzene rings is 1. The van der Waals surface area contributed by atoms with Gasteiger partial charge in [0, 0.05) is 0 Å². The number of alkyl halides is 3. The number of primary sulfonamides is 1. The Labute approximate surface area is 126 Å². The predicted molar refractivity (Wildman–Crippen MR) is 70.1 cm³/mol. The molecule has 0 saturated heterocycles. The predicted octanol–water partition coefficient (Wildman–Crippen LogP) is 1.15. The van der Waals surface area contributed by atoms with E-state index < -0.39 is 35.3 Å². The van der Waals surface area contributed by atoms with Gasteiger partial charge in [-0.1, -0.05) is 0 Å². The smallest absolute Gasteiger partial charge is 0.405 e. The van der Waals surface area contributed by atoms with Crippen LogP contribution < -0.4 is 15.2 Å². The van der Waals surface area contributed by atoms with Gasteiger partial charge in [-0.25, -0.2) is 13.6 Å². The maximum absolute atomic E-state index is 11.9. The fourth-order valence-corrected chi connectivity index (χ4v) is 2.35. The van der Waals surface area contributed by atoms with Crippen molar-refractivity contribution in [3.63, 3.8) is 0 Å². The molecule has 0 aromatic heterocycles. The Bertz CT molecular complexity index is 634. The van der Waals surface area contributed by atoms with Gasteiger partial charge in [0.1, 0.15) is 12.3 Å². The summed E-state index contributed by atoms with van der Waals surface area (Å²) in [5, 5.41) is 6.55. The van der Waals surface area contributed by atoms with Crippen molar-refractivity contribution in [2.75, 3.05) is 13.2 Å². The molecule has 0 heterocycles. The van der Waals surface area contributed by atoms with E-state index >= 15 is 0 Å². The second-order valence-electron chi connectivity index (χ2n) is 3.82. The van der Waals surface area contributed by atoms with E-state index in [2.05, 4.69) is 15.9 Å². The SMILES string of the molecule is NS(=O)(=O)c1ccc(OCC(=O)NCC(F)(F)F)c(Br)c1. The van der Waals surface area contributed by atoms with Gasteiger partial charge in [-0.05, 0) is 34.1 Å². The molecule has 21 heavy (non-hydrogen) atoms. The first-order valence-corrected chi connectivity index (χ1v) is 7.61. The highest BCUT2D eigenvalue weighted by atomic mass is 79.9. The van der Waals surface area contributed by atoms with Crippen LogP contribution in [0.25, 0.3) is 0 Å². The van der Waals surface area contributed by atoms with Crippen LogP contribution in [0.1, 0.15) is 0 Å². The Morgan fingerprint density at radius 1 is 1.38 bits per heavy atom. The first kappa shape index (κ1) is 17.7. The van der Waals surface area contributed by atoms with Crippen molar-refractivity contribution < 1.29 is 31.1 Å². The van der Waals surface area contributed by atoms with Gasteiger partial charge in [0.15, 0.2) is 6.61 Å². The molecule has 0 fully saturated rings. The van der Waals surface area contributed by atoms with Crippen LogP contribution >= 0.6 is 15.9 Å². The maximum Gasteiger partial charge on any atom is 0.405 e. The molecule has 11 heteroatoms. The number of amides is 1. The summed E-state index contributed by atoms with van der Waals surface area (Å²) < 4.78 is 62.9. The Kier molecular flexibility index (Phi) is 5.59. The van der Waals surface area contributed by atoms with Crippen LogP contribution in [0.3, 0.4) is 0 Å². The zero-order valence-electron chi connectivity index (χ0n) is 10.3. The van der Waals surface area contributed by atoms with E-state index in [0.29, 0.717) is 0 Å². The number of nitrogens with one attached hydrogen (secondary N) is 1. The molecule has 0 bridgehead atoms. The van der Waals surface area contributed by atoms with E-state index in [0.717, 1.165) is 12.1 Å². The van der Waals surface area contributed by atoms with Crippen molar-refractivity contribution in [2.24, 2.45) is 5.14 Å². The van der Waals surface area contributed by atoms with Crippen molar-refractivity contribution >= 4 is 31.9 Å². The molecule has 0 radical (unpaired) electrons. The minimum Gasteiger partial charge on any atom is -0.483 e. The molecular weight excluding hydrogens is 381 g/mol. The second kappa shape index (κ2) is 6.62. The second-order valence-corrected chi connectivity index (χ2v) is 6.23.